The van der Waals surface area contributed by atoms with E-state index in [2.05, 4.69) is 135 Å². The lowest BCUT2D eigenvalue weighted by atomic mass is 10.0. The van der Waals surface area contributed by atoms with E-state index >= 15 is 0 Å². The van der Waals surface area contributed by atoms with Crippen LogP contribution in [-0.2, 0) is 0 Å². The Morgan fingerprint density at radius 2 is 0.750 bits per heavy atom. The molecule has 4 aromatic rings. The summed E-state index contributed by atoms with van der Waals surface area (Å²) in [7, 11) is 0. The third kappa shape index (κ3) is 4.70. The molecule has 4 rings (SSSR count). The third-order valence-electron chi connectivity index (χ3n) is 6.04. The number of rotatable bonds is 7. The SMILES string of the molecule is CCN(CC)c1ccc(-c2ccc(N(c3ccc(C)cc3)c3ccc(C)cc3)cc2)cc1. The number of nitrogens with zero attached hydrogens (tertiary/aromatic N) is 2. The average molecular weight is 421 g/mol. The van der Waals surface area contributed by atoms with Gasteiger partial charge in [-0.15, -0.1) is 0 Å². The lowest BCUT2D eigenvalue weighted by molar-refractivity contribution is 0.866. The Morgan fingerprint density at radius 3 is 1.09 bits per heavy atom. The Balaban J connectivity index is 1.66. The molecule has 0 bridgehead atoms. The molecule has 0 atom stereocenters. The summed E-state index contributed by atoms with van der Waals surface area (Å²) in [6.07, 6.45) is 0. The van der Waals surface area contributed by atoms with Crippen molar-refractivity contribution < 1.29 is 0 Å². The van der Waals surface area contributed by atoms with Gasteiger partial charge in [0.2, 0.25) is 0 Å². The maximum atomic E-state index is 2.37. The summed E-state index contributed by atoms with van der Waals surface area (Å²) in [6.45, 7) is 10.7. The van der Waals surface area contributed by atoms with E-state index in [4.69, 9.17) is 0 Å². The standard InChI is InChI=1S/C30H32N2/c1-5-31(6-2)27-19-11-25(12-20-27)26-13-21-30(22-14-26)32(28-15-7-23(3)8-16-28)29-17-9-24(4)10-18-29/h7-22H,5-6H2,1-4H3. The molecule has 162 valence electrons. The average Bonchev–Trinajstić information content (AvgIpc) is 2.83. The van der Waals surface area contributed by atoms with Crippen molar-refractivity contribution in [2.45, 2.75) is 27.7 Å². The Bertz CT molecular complexity index is 1080. The third-order valence-corrected chi connectivity index (χ3v) is 6.04. The molecule has 0 saturated heterocycles. The summed E-state index contributed by atoms with van der Waals surface area (Å²) in [5.41, 5.74) is 9.76. The lowest BCUT2D eigenvalue weighted by Crippen LogP contribution is -2.21. The smallest absolute Gasteiger partial charge is 0.0462 e. The second kappa shape index (κ2) is 9.74. The first-order valence-corrected chi connectivity index (χ1v) is 11.5. The molecule has 0 unspecified atom stereocenters. The topological polar surface area (TPSA) is 6.48 Å². The van der Waals surface area contributed by atoms with Crippen LogP contribution in [0.3, 0.4) is 0 Å². The molecule has 0 radical (unpaired) electrons. The van der Waals surface area contributed by atoms with Gasteiger partial charge in [0.1, 0.15) is 0 Å². The summed E-state index contributed by atoms with van der Waals surface area (Å²) in [5.74, 6) is 0. The molecule has 0 aliphatic rings. The predicted octanol–water partition coefficient (Wildman–Crippen LogP) is 8.29. The number of aryl methyl sites for hydroxylation is 2. The highest BCUT2D eigenvalue weighted by atomic mass is 15.1. The van der Waals surface area contributed by atoms with Gasteiger partial charge in [0.05, 0.1) is 0 Å². The van der Waals surface area contributed by atoms with Crippen molar-refractivity contribution in [2.24, 2.45) is 0 Å². The summed E-state index contributed by atoms with van der Waals surface area (Å²) in [6, 6.07) is 35.2. The van der Waals surface area contributed by atoms with Gasteiger partial charge in [-0.2, -0.15) is 0 Å². The molecule has 0 heterocycles. The lowest BCUT2D eigenvalue weighted by Gasteiger charge is -2.26. The Hall–Kier alpha value is -3.52. The maximum Gasteiger partial charge on any atom is 0.0462 e. The number of benzene rings is 4. The minimum atomic E-state index is 1.03. The summed E-state index contributed by atoms with van der Waals surface area (Å²) in [5, 5.41) is 0. The Morgan fingerprint density at radius 1 is 0.438 bits per heavy atom. The van der Waals surface area contributed by atoms with Crippen molar-refractivity contribution in [3.05, 3.63) is 108 Å². The van der Waals surface area contributed by atoms with E-state index in [-0.39, 0.29) is 0 Å². The van der Waals surface area contributed by atoms with Crippen molar-refractivity contribution in [1.29, 1.82) is 0 Å². The van der Waals surface area contributed by atoms with Crippen molar-refractivity contribution in [3.8, 4) is 11.1 Å². The quantitative estimate of drug-likeness (QED) is 0.297. The van der Waals surface area contributed by atoms with Crippen LogP contribution in [0.4, 0.5) is 22.7 Å². The normalized spacial score (nSPS) is 10.8. The van der Waals surface area contributed by atoms with Crippen LogP contribution in [-0.4, -0.2) is 13.1 Å². The van der Waals surface area contributed by atoms with E-state index in [1.54, 1.807) is 0 Å². The molecule has 0 N–H and O–H groups in total. The van der Waals surface area contributed by atoms with Gasteiger partial charge in [0.15, 0.2) is 0 Å². The van der Waals surface area contributed by atoms with Gasteiger partial charge in [0, 0.05) is 35.8 Å². The van der Waals surface area contributed by atoms with Crippen LogP contribution in [0.1, 0.15) is 25.0 Å². The van der Waals surface area contributed by atoms with E-state index in [1.165, 1.54) is 27.9 Å². The fourth-order valence-electron chi connectivity index (χ4n) is 4.09. The van der Waals surface area contributed by atoms with Crippen molar-refractivity contribution >= 4 is 22.7 Å². The van der Waals surface area contributed by atoms with Gasteiger partial charge in [-0.3, -0.25) is 0 Å². The van der Waals surface area contributed by atoms with Crippen LogP contribution in [0.25, 0.3) is 11.1 Å². The van der Waals surface area contributed by atoms with E-state index in [1.807, 2.05) is 0 Å². The number of hydrogen-bond donors (Lipinski definition) is 0. The molecular weight excluding hydrogens is 388 g/mol. The molecule has 0 aliphatic carbocycles. The van der Waals surface area contributed by atoms with Crippen LogP contribution < -0.4 is 9.80 Å². The minimum absolute atomic E-state index is 1.03. The second-order valence-electron chi connectivity index (χ2n) is 8.27. The highest BCUT2D eigenvalue weighted by Gasteiger charge is 2.12. The van der Waals surface area contributed by atoms with Crippen LogP contribution in [0.15, 0.2) is 97.1 Å². The van der Waals surface area contributed by atoms with Gasteiger partial charge < -0.3 is 9.80 Å². The molecule has 2 heteroatoms. The zero-order valence-electron chi connectivity index (χ0n) is 19.5. The molecule has 0 saturated carbocycles. The van der Waals surface area contributed by atoms with Gasteiger partial charge >= 0.3 is 0 Å². The fraction of sp³-hybridized carbons (Fsp3) is 0.200. The number of hydrogen-bond acceptors (Lipinski definition) is 2. The van der Waals surface area contributed by atoms with Gasteiger partial charge in [-0.05, 0) is 87.4 Å². The molecule has 0 amide bonds. The monoisotopic (exact) mass is 420 g/mol. The zero-order chi connectivity index (χ0) is 22.5. The highest BCUT2D eigenvalue weighted by molar-refractivity contribution is 5.78. The van der Waals surface area contributed by atoms with Gasteiger partial charge in [-0.25, -0.2) is 0 Å². The summed E-state index contributed by atoms with van der Waals surface area (Å²) in [4.78, 5) is 4.68. The van der Waals surface area contributed by atoms with Gasteiger partial charge in [-0.1, -0.05) is 59.7 Å². The molecular formula is C30H32N2. The van der Waals surface area contributed by atoms with E-state index in [0.717, 1.165) is 30.2 Å². The van der Waals surface area contributed by atoms with Crippen LogP contribution in [0.5, 0.6) is 0 Å². The first-order chi connectivity index (χ1) is 15.6. The molecule has 0 spiro atoms. The Labute approximate surface area is 192 Å². The minimum Gasteiger partial charge on any atom is -0.372 e. The Kier molecular flexibility index (Phi) is 6.61. The molecule has 2 nitrogen and oxygen atoms in total. The van der Waals surface area contributed by atoms with Crippen molar-refractivity contribution in [1.82, 2.24) is 0 Å². The van der Waals surface area contributed by atoms with Crippen molar-refractivity contribution in [3.63, 3.8) is 0 Å². The van der Waals surface area contributed by atoms with E-state index in [0.29, 0.717) is 0 Å². The van der Waals surface area contributed by atoms with Crippen LogP contribution in [0.2, 0.25) is 0 Å². The highest BCUT2D eigenvalue weighted by Crippen LogP contribution is 2.36. The van der Waals surface area contributed by atoms with Crippen LogP contribution in [0, 0.1) is 13.8 Å². The van der Waals surface area contributed by atoms with E-state index < -0.39 is 0 Å². The second-order valence-corrected chi connectivity index (χ2v) is 8.27. The first kappa shape index (κ1) is 21.7. The molecule has 0 fully saturated rings. The van der Waals surface area contributed by atoms with Crippen molar-refractivity contribution in [2.75, 3.05) is 22.9 Å². The summed E-state index contributed by atoms with van der Waals surface area (Å²) >= 11 is 0. The summed E-state index contributed by atoms with van der Waals surface area (Å²) < 4.78 is 0. The molecule has 0 aromatic heterocycles. The van der Waals surface area contributed by atoms with Crippen LogP contribution >= 0.6 is 0 Å². The number of anilines is 4. The fourth-order valence-corrected chi connectivity index (χ4v) is 4.09. The zero-order valence-corrected chi connectivity index (χ0v) is 19.5. The largest absolute Gasteiger partial charge is 0.372 e. The predicted molar refractivity (Wildman–Crippen MR) is 140 cm³/mol. The molecule has 0 aliphatic heterocycles. The van der Waals surface area contributed by atoms with Gasteiger partial charge in [0.25, 0.3) is 0 Å². The molecule has 32 heavy (non-hydrogen) atoms. The molecule has 4 aromatic carbocycles. The van der Waals surface area contributed by atoms with E-state index in [9.17, 15) is 0 Å². The maximum absolute atomic E-state index is 2.37. The first-order valence-electron chi connectivity index (χ1n) is 11.5.